The van der Waals surface area contributed by atoms with Crippen molar-refractivity contribution in [2.24, 2.45) is 0 Å². The molecule has 3 aromatic rings. The van der Waals surface area contributed by atoms with Gasteiger partial charge in [0.2, 0.25) is 0 Å². The highest BCUT2D eigenvalue weighted by Gasteiger charge is 2.35. The van der Waals surface area contributed by atoms with Gasteiger partial charge in [-0.25, -0.2) is 9.78 Å². The lowest BCUT2D eigenvalue weighted by Crippen LogP contribution is -2.45. The van der Waals surface area contributed by atoms with Gasteiger partial charge in [-0.3, -0.25) is 9.36 Å². The first-order valence-corrected chi connectivity index (χ1v) is 9.88. The maximum absolute atomic E-state index is 13.6. The Hall–Kier alpha value is -2.67. The predicted octanol–water partition coefficient (Wildman–Crippen LogP) is 4.05. The summed E-state index contributed by atoms with van der Waals surface area (Å²) in [4.78, 5) is 32.4. The molecule has 0 amide bonds. The minimum Gasteiger partial charge on any atom is -0.497 e. The smallest absolute Gasteiger partial charge is 0.331 e. The lowest BCUT2D eigenvalue weighted by atomic mass is 10.0. The van der Waals surface area contributed by atoms with Crippen LogP contribution in [0.15, 0.2) is 29.1 Å². The summed E-state index contributed by atoms with van der Waals surface area (Å²) < 4.78 is 12.0. The number of hydrogen-bond donors (Lipinski definition) is 0. The maximum Gasteiger partial charge on any atom is 0.331 e. The van der Waals surface area contributed by atoms with Gasteiger partial charge in [0.1, 0.15) is 21.9 Å². The van der Waals surface area contributed by atoms with Gasteiger partial charge in [0.05, 0.1) is 19.1 Å². The Labute approximate surface area is 167 Å². The van der Waals surface area contributed by atoms with E-state index in [0.717, 1.165) is 16.0 Å². The normalized spacial score (nSPS) is 11.6. The molecule has 2 heterocycles. The molecular weight excluding hydrogens is 376 g/mol. The van der Waals surface area contributed by atoms with Crippen molar-refractivity contribution in [3.05, 3.63) is 45.3 Å². The molecule has 0 radical (unpaired) electrons. The Morgan fingerprint density at radius 3 is 2.64 bits per heavy atom. The lowest BCUT2D eigenvalue weighted by molar-refractivity contribution is -0.152. The van der Waals surface area contributed by atoms with Crippen LogP contribution in [-0.4, -0.2) is 29.2 Å². The zero-order valence-corrected chi connectivity index (χ0v) is 17.8. The zero-order chi connectivity index (χ0) is 20.6. The second kappa shape index (κ2) is 7.39. The van der Waals surface area contributed by atoms with Gasteiger partial charge in [0.15, 0.2) is 0 Å². The van der Waals surface area contributed by atoms with Crippen LogP contribution in [0.2, 0.25) is 0 Å². The summed E-state index contributed by atoms with van der Waals surface area (Å²) >= 11 is 1.47. The van der Waals surface area contributed by atoms with Crippen LogP contribution in [0.25, 0.3) is 21.3 Å². The van der Waals surface area contributed by atoms with Crippen LogP contribution in [0.1, 0.15) is 31.5 Å². The molecular formula is C21H24N2O4S. The van der Waals surface area contributed by atoms with E-state index in [0.29, 0.717) is 21.8 Å². The number of methoxy groups -OCH3 is 1. The highest BCUT2D eigenvalue weighted by molar-refractivity contribution is 7.19. The molecule has 0 aliphatic heterocycles. The second-order valence-corrected chi connectivity index (χ2v) is 8.23. The fourth-order valence-corrected chi connectivity index (χ4v) is 4.53. The fraction of sp³-hybridized carbons (Fsp3) is 0.381. The van der Waals surface area contributed by atoms with Crippen molar-refractivity contribution >= 4 is 27.5 Å². The predicted molar refractivity (Wildman–Crippen MR) is 111 cm³/mol. The van der Waals surface area contributed by atoms with E-state index in [9.17, 15) is 9.59 Å². The van der Waals surface area contributed by atoms with E-state index in [1.54, 1.807) is 34.8 Å². The Balaban J connectivity index is 2.34. The average molecular weight is 401 g/mol. The number of carbonyl (C=O) groups excluding carboxylic acids is 1. The quantitative estimate of drug-likeness (QED) is 0.604. The van der Waals surface area contributed by atoms with Gasteiger partial charge in [-0.05, 0) is 52.3 Å². The molecule has 0 bridgehead atoms. The maximum atomic E-state index is 13.6. The molecule has 0 N–H and O–H groups in total. The van der Waals surface area contributed by atoms with Crippen LogP contribution in [-0.2, 0) is 15.1 Å². The first kappa shape index (κ1) is 20.1. The summed E-state index contributed by atoms with van der Waals surface area (Å²) in [5.41, 5.74) is 0.290. The van der Waals surface area contributed by atoms with Crippen LogP contribution in [0.4, 0.5) is 0 Å². The van der Waals surface area contributed by atoms with Crippen molar-refractivity contribution in [3.8, 4) is 16.9 Å². The van der Waals surface area contributed by atoms with E-state index in [2.05, 4.69) is 4.98 Å². The lowest BCUT2D eigenvalue weighted by Gasteiger charge is -2.26. The molecule has 0 aliphatic carbocycles. The van der Waals surface area contributed by atoms with Gasteiger partial charge >= 0.3 is 5.97 Å². The number of thiophene rings is 1. The van der Waals surface area contributed by atoms with Crippen LogP contribution >= 0.6 is 11.3 Å². The van der Waals surface area contributed by atoms with Gasteiger partial charge < -0.3 is 9.47 Å². The molecule has 0 saturated heterocycles. The van der Waals surface area contributed by atoms with Gasteiger partial charge in [-0.1, -0.05) is 12.1 Å². The molecule has 6 nitrogen and oxygen atoms in total. The summed E-state index contributed by atoms with van der Waals surface area (Å²) in [6.07, 6.45) is 0. The van der Waals surface area contributed by atoms with Gasteiger partial charge in [-0.2, -0.15) is 0 Å². The molecule has 7 heteroatoms. The van der Waals surface area contributed by atoms with Crippen LogP contribution in [0.3, 0.4) is 0 Å². The third kappa shape index (κ3) is 3.20. The van der Waals surface area contributed by atoms with E-state index < -0.39 is 11.5 Å². The number of esters is 1. The molecule has 2 aromatic heterocycles. The van der Waals surface area contributed by atoms with Crippen molar-refractivity contribution in [1.29, 1.82) is 0 Å². The first-order valence-electron chi connectivity index (χ1n) is 9.07. The van der Waals surface area contributed by atoms with Crippen LogP contribution in [0, 0.1) is 13.8 Å². The Morgan fingerprint density at radius 1 is 1.29 bits per heavy atom. The molecule has 0 aliphatic rings. The molecule has 148 valence electrons. The SMILES string of the molecule is CCOC(=O)C(C)(C)n1c(C)nc2sc(C)c(-c3cccc(OC)c3)c2c1=O. The summed E-state index contributed by atoms with van der Waals surface area (Å²) in [6, 6.07) is 7.59. The van der Waals surface area contributed by atoms with E-state index in [1.807, 2.05) is 31.2 Å². The summed E-state index contributed by atoms with van der Waals surface area (Å²) in [5, 5.41) is 0.513. The molecule has 1 aromatic carbocycles. The Morgan fingerprint density at radius 2 is 2.00 bits per heavy atom. The average Bonchev–Trinajstić information content (AvgIpc) is 2.97. The van der Waals surface area contributed by atoms with E-state index in [-0.39, 0.29) is 12.2 Å². The number of ether oxygens (including phenoxy) is 2. The van der Waals surface area contributed by atoms with Crippen molar-refractivity contribution in [1.82, 2.24) is 9.55 Å². The summed E-state index contributed by atoms with van der Waals surface area (Å²) in [5.74, 6) is 0.730. The third-order valence-electron chi connectivity index (χ3n) is 4.76. The van der Waals surface area contributed by atoms with E-state index in [1.165, 1.54) is 15.9 Å². The summed E-state index contributed by atoms with van der Waals surface area (Å²) in [7, 11) is 1.61. The van der Waals surface area contributed by atoms with Crippen molar-refractivity contribution in [3.63, 3.8) is 0 Å². The Bertz CT molecular complexity index is 1110. The topological polar surface area (TPSA) is 70.4 Å². The van der Waals surface area contributed by atoms with Crippen LogP contribution < -0.4 is 10.3 Å². The number of nitrogens with zero attached hydrogens (tertiary/aromatic N) is 2. The van der Waals surface area contributed by atoms with Crippen LogP contribution in [0.5, 0.6) is 5.75 Å². The Kier molecular flexibility index (Phi) is 5.30. The standard InChI is InChI=1S/C21H24N2O4S/c1-7-27-20(25)21(4,5)23-13(3)22-18-17(19(23)24)16(12(2)28-18)14-9-8-10-15(11-14)26-6/h8-11H,7H2,1-6H3. The summed E-state index contributed by atoms with van der Waals surface area (Å²) in [6.45, 7) is 9.06. The number of aromatic nitrogens is 2. The molecule has 28 heavy (non-hydrogen) atoms. The van der Waals surface area contributed by atoms with Crippen molar-refractivity contribution in [2.45, 2.75) is 40.2 Å². The molecule has 0 spiro atoms. The van der Waals surface area contributed by atoms with Crippen molar-refractivity contribution < 1.29 is 14.3 Å². The monoisotopic (exact) mass is 400 g/mol. The molecule has 0 unspecified atom stereocenters. The number of aryl methyl sites for hydroxylation is 2. The van der Waals surface area contributed by atoms with Gasteiger partial charge in [0.25, 0.3) is 5.56 Å². The fourth-order valence-electron chi connectivity index (χ4n) is 3.45. The second-order valence-electron chi connectivity index (χ2n) is 7.02. The number of benzene rings is 1. The number of fused-ring (bicyclic) bond motifs is 1. The molecule has 0 saturated carbocycles. The number of rotatable bonds is 5. The number of hydrogen-bond acceptors (Lipinski definition) is 6. The minimum atomic E-state index is -1.17. The van der Waals surface area contributed by atoms with Gasteiger partial charge in [-0.15, -0.1) is 11.3 Å². The van der Waals surface area contributed by atoms with E-state index >= 15 is 0 Å². The van der Waals surface area contributed by atoms with E-state index in [4.69, 9.17) is 9.47 Å². The number of carbonyl (C=O) groups is 1. The molecule has 0 atom stereocenters. The largest absolute Gasteiger partial charge is 0.497 e. The van der Waals surface area contributed by atoms with Gasteiger partial charge in [0, 0.05) is 10.4 Å². The van der Waals surface area contributed by atoms with Crippen molar-refractivity contribution in [2.75, 3.05) is 13.7 Å². The first-order chi connectivity index (χ1) is 13.2. The molecule has 3 rings (SSSR count). The third-order valence-corrected chi connectivity index (χ3v) is 5.76. The zero-order valence-electron chi connectivity index (χ0n) is 17.0. The molecule has 0 fully saturated rings. The minimum absolute atomic E-state index is 0.247. The highest BCUT2D eigenvalue weighted by atomic mass is 32.1. The highest BCUT2D eigenvalue weighted by Crippen LogP contribution is 2.37.